The van der Waals surface area contributed by atoms with E-state index in [4.69, 9.17) is 4.74 Å². The smallest absolute Gasteiger partial charge is 0.307 e. The average Bonchev–Trinajstić information content (AvgIpc) is 2.44. The van der Waals surface area contributed by atoms with E-state index in [1.54, 1.807) is 6.92 Å². The van der Waals surface area contributed by atoms with Crippen LogP contribution in [0.15, 0.2) is 0 Å². The van der Waals surface area contributed by atoms with Crippen LogP contribution in [0, 0.1) is 0 Å². The summed E-state index contributed by atoms with van der Waals surface area (Å²) in [4.78, 5) is 21.8. The topological polar surface area (TPSA) is 85.9 Å². The minimum absolute atomic E-state index is 0.177. The zero-order valence-corrected chi connectivity index (χ0v) is 12.1. The van der Waals surface area contributed by atoms with Gasteiger partial charge in [-0.1, -0.05) is 0 Å². The summed E-state index contributed by atoms with van der Waals surface area (Å²) in [5.41, 5.74) is 5.93. The van der Waals surface area contributed by atoms with Gasteiger partial charge >= 0.3 is 5.97 Å². The third-order valence-corrected chi connectivity index (χ3v) is 2.96. The van der Waals surface area contributed by atoms with Crippen molar-refractivity contribution in [3.8, 4) is 0 Å². The van der Waals surface area contributed by atoms with Crippen LogP contribution in [0.3, 0.4) is 0 Å². The normalized spacial score (nSPS) is 19.2. The summed E-state index contributed by atoms with van der Waals surface area (Å²) in [5.74, 6) is -0.177. The van der Waals surface area contributed by atoms with Crippen LogP contribution in [0.25, 0.3) is 0 Å². The Kier molecular flexibility index (Phi) is 8.88. The number of nitrogens with one attached hydrogen (secondary N) is 3. The molecule has 1 amide bonds. The number of hydrogen-bond acceptors (Lipinski definition) is 7. The number of esters is 1. The van der Waals surface area contributed by atoms with Crippen molar-refractivity contribution in [3.05, 3.63) is 0 Å². The van der Waals surface area contributed by atoms with E-state index < -0.39 is 0 Å². The van der Waals surface area contributed by atoms with Gasteiger partial charge in [0.15, 0.2) is 0 Å². The van der Waals surface area contributed by atoms with E-state index in [2.05, 4.69) is 16.2 Å². The predicted molar refractivity (Wildman–Crippen MR) is 74.5 cm³/mol. The molecule has 0 aromatic heterocycles. The second-order valence-corrected chi connectivity index (χ2v) is 4.43. The molecule has 116 valence electrons. The number of hydrogen-bond donors (Lipinski definition) is 3. The van der Waals surface area contributed by atoms with Gasteiger partial charge in [-0.3, -0.25) is 20.4 Å². The molecule has 8 nitrogen and oxygen atoms in total. The zero-order valence-electron chi connectivity index (χ0n) is 12.1. The molecule has 1 heterocycles. The number of carbonyl (C=O) groups excluding carboxylic acids is 2. The highest BCUT2D eigenvalue weighted by Gasteiger charge is 2.11. The Bertz CT molecular complexity index is 290. The lowest BCUT2D eigenvalue weighted by atomic mass is 10.4. The molecule has 0 aromatic carbocycles. The molecule has 0 aliphatic carbocycles. The SMILES string of the molecule is CCOC(=O)CCN1CCNCCN(NC=O)CCN1. The fraction of sp³-hybridized carbons (Fsp3) is 0.833. The lowest BCUT2D eigenvalue weighted by Gasteiger charge is -2.28. The van der Waals surface area contributed by atoms with Gasteiger partial charge in [0.2, 0.25) is 6.41 Å². The molecule has 0 unspecified atom stereocenters. The largest absolute Gasteiger partial charge is 0.466 e. The van der Waals surface area contributed by atoms with Crippen LogP contribution in [0.1, 0.15) is 13.3 Å². The molecule has 20 heavy (non-hydrogen) atoms. The molecule has 8 heteroatoms. The monoisotopic (exact) mass is 287 g/mol. The fourth-order valence-corrected chi connectivity index (χ4v) is 1.94. The fourth-order valence-electron chi connectivity index (χ4n) is 1.94. The molecular weight excluding hydrogens is 262 g/mol. The minimum Gasteiger partial charge on any atom is -0.466 e. The highest BCUT2D eigenvalue weighted by atomic mass is 16.5. The standard InChI is InChI=1S/C12H25N5O3/c1-2-20-12(19)3-7-16-8-4-13-5-9-17(15-11-18)10-6-14-16/h11,13-14H,2-10H2,1H3,(H,15,18). The summed E-state index contributed by atoms with van der Waals surface area (Å²) < 4.78 is 4.92. The Morgan fingerprint density at radius 1 is 1.30 bits per heavy atom. The van der Waals surface area contributed by atoms with Crippen molar-refractivity contribution in [2.45, 2.75) is 13.3 Å². The average molecular weight is 287 g/mol. The van der Waals surface area contributed by atoms with Crippen molar-refractivity contribution in [2.24, 2.45) is 0 Å². The maximum atomic E-state index is 11.4. The number of rotatable bonds is 6. The van der Waals surface area contributed by atoms with E-state index in [-0.39, 0.29) is 5.97 Å². The molecule has 0 bridgehead atoms. The highest BCUT2D eigenvalue weighted by Crippen LogP contribution is 1.92. The van der Waals surface area contributed by atoms with Crippen LogP contribution in [-0.4, -0.2) is 74.8 Å². The summed E-state index contributed by atoms with van der Waals surface area (Å²) in [6.07, 6.45) is 1.06. The summed E-state index contributed by atoms with van der Waals surface area (Å²) in [6.45, 7) is 7.47. The van der Waals surface area contributed by atoms with E-state index >= 15 is 0 Å². The molecule has 1 fully saturated rings. The van der Waals surface area contributed by atoms with Gasteiger partial charge in [-0.25, -0.2) is 10.0 Å². The number of amides is 1. The molecule has 0 radical (unpaired) electrons. The van der Waals surface area contributed by atoms with Gasteiger partial charge in [0.1, 0.15) is 0 Å². The summed E-state index contributed by atoms with van der Waals surface area (Å²) >= 11 is 0. The molecule has 1 saturated heterocycles. The molecule has 1 rings (SSSR count). The van der Waals surface area contributed by atoms with Gasteiger partial charge in [-0.2, -0.15) is 0 Å². The van der Waals surface area contributed by atoms with Crippen LogP contribution < -0.4 is 16.2 Å². The third-order valence-electron chi connectivity index (χ3n) is 2.96. The van der Waals surface area contributed by atoms with E-state index in [0.717, 1.165) is 26.2 Å². The molecular formula is C12H25N5O3. The maximum Gasteiger partial charge on any atom is 0.307 e. The Morgan fingerprint density at radius 2 is 2.05 bits per heavy atom. The van der Waals surface area contributed by atoms with Crippen LogP contribution in [0.2, 0.25) is 0 Å². The van der Waals surface area contributed by atoms with Gasteiger partial charge in [0.05, 0.1) is 13.0 Å². The number of ether oxygens (including phenoxy) is 1. The van der Waals surface area contributed by atoms with Crippen molar-refractivity contribution >= 4 is 12.4 Å². The van der Waals surface area contributed by atoms with Crippen molar-refractivity contribution in [1.29, 1.82) is 0 Å². The first-order valence-electron chi connectivity index (χ1n) is 7.05. The Labute approximate surface area is 119 Å². The van der Waals surface area contributed by atoms with Gasteiger partial charge in [0, 0.05) is 45.8 Å². The van der Waals surface area contributed by atoms with E-state index in [1.165, 1.54) is 0 Å². The second kappa shape index (κ2) is 10.6. The Balaban J connectivity index is 2.32. The molecule has 1 aliphatic rings. The first-order valence-corrected chi connectivity index (χ1v) is 7.05. The maximum absolute atomic E-state index is 11.4. The third kappa shape index (κ3) is 7.39. The molecule has 0 saturated carbocycles. The molecule has 0 spiro atoms. The van der Waals surface area contributed by atoms with E-state index in [1.807, 2.05) is 10.0 Å². The zero-order chi connectivity index (χ0) is 14.6. The lowest BCUT2D eigenvalue weighted by molar-refractivity contribution is -0.143. The van der Waals surface area contributed by atoms with Crippen LogP contribution in [0.5, 0.6) is 0 Å². The van der Waals surface area contributed by atoms with Gasteiger partial charge in [-0.15, -0.1) is 0 Å². The number of nitrogens with zero attached hydrogens (tertiary/aromatic N) is 2. The van der Waals surface area contributed by atoms with Crippen LogP contribution in [-0.2, 0) is 14.3 Å². The summed E-state index contributed by atoms with van der Waals surface area (Å²) in [5, 5.41) is 7.15. The Hall–Kier alpha value is -1.22. The molecule has 0 aromatic rings. The Morgan fingerprint density at radius 3 is 2.80 bits per heavy atom. The summed E-state index contributed by atoms with van der Waals surface area (Å²) in [6, 6.07) is 0. The van der Waals surface area contributed by atoms with Gasteiger partial charge in [-0.05, 0) is 6.92 Å². The second-order valence-electron chi connectivity index (χ2n) is 4.43. The van der Waals surface area contributed by atoms with Gasteiger partial charge < -0.3 is 10.1 Å². The molecule has 1 aliphatic heterocycles. The minimum atomic E-state index is -0.177. The lowest BCUT2D eigenvalue weighted by Crippen LogP contribution is -2.51. The van der Waals surface area contributed by atoms with Crippen molar-refractivity contribution in [3.63, 3.8) is 0 Å². The first kappa shape index (κ1) is 16.8. The van der Waals surface area contributed by atoms with Gasteiger partial charge in [0.25, 0.3) is 0 Å². The van der Waals surface area contributed by atoms with Crippen molar-refractivity contribution in [2.75, 3.05) is 52.4 Å². The quantitative estimate of drug-likeness (QED) is 0.397. The predicted octanol–water partition coefficient (Wildman–Crippen LogP) is -1.69. The van der Waals surface area contributed by atoms with E-state index in [9.17, 15) is 9.59 Å². The summed E-state index contributed by atoms with van der Waals surface area (Å²) in [7, 11) is 0. The first-order chi connectivity index (χ1) is 9.76. The van der Waals surface area contributed by atoms with Crippen LogP contribution >= 0.6 is 0 Å². The highest BCUT2D eigenvalue weighted by molar-refractivity contribution is 5.69. The number of hydrazine groups is 2. The number of carbonyl (C=O) groups is 2. The van der Waals surface area contributed by atoms with Crippen LogP contribution in [0.4, 0.5) is 0 Å². The van der Waals surface area contributed by atoms with Crippen molar-refractivity contribution in [1.82, 2.24) is 26.2 Å². The van der Waals surface area contributed by atoms with E-state index in [0.29, 0.717) is 39.1 Å². The van der Waals surface area contributed by atoms with Crippen molar-refractivity contribution < 1.29 is 14.3 Å². The molecule has 3 N–H and O–H groups in total. The molecule has 0 atom stereocenters.